The molecule has 1 atom stereocenters. The molecule has 0 radical (unpaired) electrons. The van der Waals surface area contributed by atoms with Crippen LogP contribution in [0.4, 0.5) is 0 Å². The van der Waals surface area contributed by atoms with Gasteiger partial charge in [0.1, 0.15) is 11.6 Å². The summed E-state index contributed by atoms with van der Waals surface area (Å²) in [5.74, 6) is 1.04. The minimum absolute atomic E-state index is 0.0422. The summed E-state index contributed by atoms with van der Waals surface area (Å²) in [5.41, 5.74) is 4.86. The summed E-state index contributed by atoms with van der Waals surface area (Å²) in [4.78, 5) is 12.6. The second-order valence-corrected chi connectivity index (χ2v) is 7.67. The van der Waals surface area contributed by atoms with Crippen molar-refractivity contribution < 1.29 is 14.3 Å². The molecule has 0 bridgehead atoms. The average Bonchev–Trinajstić information content (AvgIpc) is 3.24. The third-order valence-electron chi connectivity index (χ3n) is 5.57. The van der Waals surface area contributed by atoms with Crippen molar-refractivity contribution in [2.75, 3.05) is 6.79 Å². The number of fused-ring (bicyclic) bond motifs is 2. The Morgan fingerprint density at radius 2 is 1.93 bits per heavy atom. The normalized spacial score (nSPS) is 15.7. The van der Waals surface area contributed by atoms with Crippen LogP contribution in [0.5, 0.6) is 11.5 Å². The standard InChI is InChI=1S/C24H25N3O3/c1-16(19-8-7-18-4-2-3-5-20(18)11-19)27-24(28)21(12-25)14-26-13-17-6-9-22-23(10-17)30-15-29-22/h6-11,14,16,26H,2-5,13,15H2,1H3,(H,27,28)/b21-14-. The third kappa shape index (κ3) is 4.41. The van der Waals surface area contributed by atoms with Gasteiger partial charge in [-0.1, -0.05) is 24.3 Å². The topological polar surface area (TPSA) is 83.4 Å². The van der Waals surface area contributed by atoms with Gasteiger partial charge in [-0.3, -0.25) is 4.79 Å². The number of aryl methyl sites for hydroxylation is 2. The highest BCUT2D eigenvalue weighted by Gasteiger charge is 2.17. The van der Waals surface area contributed by atoms with Crippen LogP contribution in [0.15, 0.2) is 48.2 Å². The number of amides is 1. The van der Waals surface area contributed by atoms with Gasteiger partial charge < -0.3 is 20.1 Å². The molecule has 1 aliphatic heterocycles. The molecule has 154 valence electrons. The molecule has 0 saturated heterocycles. The Kier molecular flexibility index (Phi) is 5.89. The van der Waals surface area contributed by atoms with E-state index < -0.39 is 0 Å². The van der Waals surface area contributed by atoms with E-state index in [1.54, 1.807) is 0 Å². The number of carbonyl (C=O) groups excluding carboxylic acids is 1. The first-order chi connectivity index (χ1) is 14.6. The lowest BCUT2D eigenvalue weighted by atomic mass is 9.89. The van der Waals surface area contributed by atoms with Crippen LogP contribution in [0.1, 0.15) is 48.1 Å². The number of nitrogens with zero attached hydrogens (tertiary/aromatic N) is 1. The Morgan fingerprint density at radius 1 is 1.13 bits per heavy atom. The van der Waals surface area contributed by atoms with E-state index in [-0.39, 0.29) is 24.3 Å². The molecule has 4 rings (SSSR count). The maximum Gasteiger partial charge on any atom is 0.263 e. The summed E-state index contributed by atoms with van der Waals surface area (Å²) in [6.07, 6.45) is 6.14. The first kappa shape index (κ1) is 19.8. The molecule has 0 fully saturated rings. The number of nitrogens with one attached hydrogen (secondary N) is 2. The van der Waals surface area contributed by atoms with Gasteiger partial charge in [-0.05, 0) is 67.0 Å². The van der Waals surface area contributed by atoms with Crippen LogP contribution in [0.3, 0.4) is 0 Å². The van der Waals surface area contributed by atoms with Crippen LogP contribution in [0, 0.1) is 11.3 Å². The van der Waals surface area contributed by atoms with Crippen LogP contribution in [-0.4, -0.2) is 12.7 Å². The van der Waals surface area contributed by atoms with Gasteiger partial charge >= 0.3 is 0 Å². The van der Waals surface area contributed by atoms with Crippen molar-refractivity contribution in [2.24, 2.45) is 0 Å². The van der Waals surface area contributed by atoms with Crippen LogP contribution in [-0.2, 0) is 24.2 Å². The number of hydrogen-bond acceptors (Lipinski definition) is 5. The number of hydrogen-bond donors (Lipinski definition) is 2. The molecule has 6 heteroatoms. The van der Waals surface area contributed by atoms with Crippen LogP contribution < -0.4 is 20.1 Å². The Morgan fingerprint density at radius 3 is 2.77 bits per heavy atom. The molecule has 2 aromatic rings. The molecule has 6 nitrogen and oxygen atoms in total. The van der Waals surface area contributed by atoms with E-state index in [9.17, 15) is 10.1 Å². The number of benzene rings is 2. The molecule has 30 heavy (non-hydrogen) atoms. The van der Waals surface area contributed by atoms with Crippen molar-refractivity contribution in [2.45, 2.75) is 45.2 Å². The van der Waals surface area contributed by atoms with E-state index in [1.807, 2.05) is 31.2 Å². The van der Waals surface area contributed by atoms with Gasteiger partial charge in [0.05, 0.1) is 6.04 Å². The zero-order valence-corrected chi connectivity index (χ0v) is 17.0. The van der Waals surface area contributed by atoms with Crippen LogP contribution in [0.2, 0.25) is 0 Å². The molecule has 2 N–H and O–H groups in total. The zero-order chi connectivity index (χ0) is 20.9. The van der Waals surface area contributed by atoms with Gasteiger partial charge in [0.2, 0.25) is 6.79 Å². The van der Waals surface area contributed by atoms with E-state index in [0.29, 0.717) is 12.3 Å². The molecule has 1 aliphatic carbocycles. The lowest BCUT2D eigenvalue weighted by Crippen LogP contribution is -2.28. The summed E-state index contributed by atoms with van der Waals surface area (Å²) in [5, 5.41) is 15.4. The molecule has 0 aromatic heterocycles. The second-order valence-electron chi connectivity index (χ2n) is 7.67. The maximum absolute atomic E-state index is 12.6. The smallest absolute Gasteiger partial charge is 0.263 e. The summed E-state index contributed by atoms with van der Waals surface area (Å²) in [6.45, 7) is 2.64. The van der Waals surface area contributed by atoms with Crippen molar-refractivity contribution in [3.63, 3.8) is 0 Å². The molecule has 1 heterocycles. The molecule has 1 unspecified atom stereocenters. The Balaban J connectivity index is 1.35. The van der Waals surface area contributed by atoms with E-state index in [4.69, 9.17) is 9.47 Å². The molecule has 0 spiro atoms. The lowest BCUT2D eigenvalue weighted by Gasteiger charge is -2.20. The first-order valence-electron chi connectivity index (χ1n) is 10.3. The van der Waals surface area contributed by atoms with Gasteiger partial charge in [0.15, 0.2) is 11.5 Å². The second kappa shape index (κ2) is 8.91. The van der Waals surface area contributed by atoms with Crippen molar-refractivity contribution in [3.8, 4) is 17.6 Å². The number of carbonyl (C=O) groups is 1. The fourth-order valence-electron chi connectivity index (χ4n) is 3.85. The SMILES string of the molecule is CC(NC(=O)/C(C#N)=C\NCc1ccc2c(c1)OCO2)c1ccc2c(c1)CCCC2. The predicted octanol–water partition coefficient (Wildman–Crippen LogP) is 3.67. The summed E-state index contributed by atoms with van der Waals surface area (Å²) < 4.78 is 10.7. The van der Waals surface area contributed by atoms with Crippen LogP contribution >= 0.6 is 0 Å². The van der Waals surface area contributed by atoms with Gasteiger partial charge in [-0.25, -0.2) is 0 Å². The summed E-state index contributed by atoms with van der Waals surface area (Å²) >= 11 is 0. The van der Waals surface area contributed by atoms with Gasteiger partial charge in [0.25, 0.3) is 5.91 Å². The van der Waals surface area contributed by atoms with E-state index in [0.717, 1.165) is 29.7 Å². The molecule has 2 aliphatic rings. The Labute approximate surface area is 176 Å². The Bertz CT molecular complexity index is 1020. The first-order valence-corrected chi connectivity index (χ1v) is 10.3. The van der Waals surface area contributed by atoms with Crippen molar-refractivity contribution >= 4 is 5.91 Å². The predicted molar refractivity (Wildman–Crippen MR) is 113 cm³/mol. The lowest BCUT2D eigenvalue weighted by molar-refractivity contribution is -0.117. The highest BCUT2D eigenvalue weighted by molar-refractivity contribution is 5.97. The highest BCUT2D eigenvalue weighted by Crippen LogP contribution is 2.32. The number of rotatable bonds is 6. The summed E-state index contributed by atoms with van der Waals surface area (Å²) in [6, 6.07) is 13.9. The molecular formula is C24H25N3O3. The van der Waals surface area contributed by atoms with Gasteiger partial charge in [0, 0.05) is 12.7 Å². The maximum atomic E-state index is 12.6. The fraction of sp³-hybridized carbons (Fsp3) is 0.333. The van der Waals surface area contributed by atoms with E-state index in [2.05, 4.69) is 28.8 Å². The largest absolute Gasteiger partial charge is 0.454 e. The molecule has 0 saturated carbocycles. The number of ether oxygens (including phenoxy) is 2. The zero-order valence-electron chi connectivity index (χ0n) is 17.0. The fourth-order valence-corrected chi connectivity index (χ4v) is 3.85. The summed E-state index contributed by atoms with van der Waals surface area (Å²) in [7, 11) is 0. The van der Waals surface area contributed by atoms with Crippen molar-refractivity contribution in [3.05, 3.63) is 70.4 Å². The van der Waals surface area contributed by atoms with Gasteiger partial charge in [-0.2, -0.15) is 5.26 Å². The van der Waals surface area contributed by atoms with E-state index in [1.165, 1.54) is 30.2 Å². The van der Waals surface area contributed by atoms with Gasteiger partial charge in [-0.15, -0.1) is 0 Å². The minimum Gasteiger partial charge on any atom is -0.454 e. The van der Waals surface area contributed by atoms with Crippen molar-refractivity contribution in [1.82, 2.24) is 10.6 Å². The molecule has 2 aromatic carbocycles. The number of nitriles is 1. The van der Waals surface area contributed by atoms with Crippen LogP contribution in [0.25, 0.3) is 0 Å². The highest BCUT2D eigenvalue weighted by atomic mass is 16.7. The Hall–Kier alpha value is -3.46. The third-order valence-corrected chi connectivity index (χ3v) is 5.57. The van der Waals surface area contributed by atoms with Crippen molar-refractivity contribution in [1.29, 1.82) is 5.26 Å². The molecule has 1 amide bonds. The van der Waals surface area contributed by atoms with E-state index >= 15 is 0 Å². The monoisotopic (exact) mass is 403 g/mol. The average molecular weight is 403 g/mol. The quantitative estimate of drug-likeness (QED) is 0.568. The minimum atomic E-state index is -0.388. The molecular weight excluding hydrogens is 378 g/mol.